The highest BCUT2D eigenvalue weighted by Crippen LogP contribution is 2.25. The van der Waals surface area contributed by atoms with E-state index in [0.29, 0.717) is 41.4 Å². The number of fused-ring (bicyclic) bond motifs is 2. The minimum absolute atomic E-state index is 0.00861. The number of benzene rings is 1. The molecule has 27 heteroatoms. The van der Waals surface area contributed by atoms with Crippen LogP contribution >= 0.6 is 0 Å². The molecule has 2 aromatic heterocycles. The van der Waals surface area contributed by atoms with Gasteiger partial charge in [-0.3, -0.25) is 52.9 Å². The maximum Gasteiger partial charge on any atom is 0.305 e. The van der Waals surface area contributed by atoms with Crippen molar-refractivity contribution in [1.29, 1.82) is 0 Å². The van der Waals surface area contributed by atoms with Gasteiger partial charge >= 0.3 is 5.97 Å². The number of aliphatic carboxylic acids is 1. The summed E-state index contributed by atoms with van der Waals surface area (Å²) in [6.07, 6.45) is 3.43. The molecule has 0 saturated carbocycles. The van der Waals surface area contributed by atoms with Gasteiger partial charge in [0.2, 0.25) is 53.2 Å². The molecule has 27 nitrogen and oxygen atoms in total. The molecule has 1 aromatic carbocycles. The van der Waals surface area contributed by atoms with Crippen molar-refractivity contribution in [3.05, 3.63) is 59.9 Å². The Balaban J connectivity index is 1.58. The molecular formula is C52H75N15O12. The fraction of sp³-hybridized carbons (Fsp3) is 0.538. The van der Waals surface area contributed by atoms with Crippen molar-refractivity contribution in [2.75, 3.05) is 33.2 Å². The smallest absolute Gasteiger partial charge is 0.305 e. The lowest BCUT2D eigenvalue weighted by Crippen LogP contribution is -2.60. The normalized spacial score (nSPS) is 23.8. The van der Waals surface area contributed by atoms with Gasteiger partial charge in [-0.1, -0.05) is 26.0 Å². The Bertz CT molecular complexity index is 2690. The number of hydrogen-bond acceptors (Lipinski definition) is 14. The number of guanidine groups is 1. The molecule has 79 heavy (non-hydrogen) atoms. The first-order valence-electron chi connectivity index (χ1n) is 26.4. The number of amides is 9. The molecule has 8 atom stereocenters. The zero-order chi connectivity index (χ0) is 57.9. The number of phenols is 1. The summed E-state index contributed by atoms with van der Waals surface area (Å²) in [7, 11) is 1.41. The number of carbonyl (C=O) groups excluding carboxylic acids is 9. The lowest BCUT2D eigenvalue weighted by atomic mass is 10.0. The van der Waals surface area contributed by atoms with Gasteiger partial charge in [0.15, 0.2) is 5.96 Å². The maximum atomic E-state index is 15.0. The van der Waals surface area contributed by atoms with Gasteiger partial charge in [0, 0.05) is 50.8 Å². The highest BCUT2D eigenvalue weighted by molar-refractivity contribution is 5.99. The van der Waals surface area contributed by atoms with Crippen molar-refractivity contribution < 1.29 is 58.2 Å². The van der Waals surface area contributed by atoms with Crippen molar-refractivity contribution in [3.63, 3.8) is 0 Å². The molecule has 2 aliphatic heterocycles. The van der Waals surface area contributed by atoms with E-state index in [4.69, 9.17) is 17.2 Å². The fourth-order valence-corrected chi connectivity index (χ4v) is 9.42. The van der Waals surface area contributed by atoms with Gasteiger partial charge in [0.05, 0.1) is 13.0 Å². The Morgan fingerprint density at radius 2 is 1.44 bits per heavy atom. The van der Waals surface area contributed by atoms with E-state index in [1.807, 2.05) is 0 Å². The average molecular weight is 1100 g/mol. The Morgan fingerprint density at radius 3 is 2.13 bits per heavy atom. The quantitative estimate of drug-likeness (QED) is 0.0405. The first-order valence-corrected chi connectivity index (χ1v) is 26.4. The van der Waals surface area contributed by atoms with Crippen molar-refractivity contribution in [2.24, 2.45) is 28.1 Å². The zero-order valence-corrected chi connectivity index (χ0v) is 44.9. The minimum atomic E-state index is -1.78. The summed E-state index contributed by atoms with van der Waals surface area (Å²) in [6.45, 7) is 4.40. The van der Waals surface area contributed by atoms with Crippen LogP contribution in [0, 0.1) is 5.92 Å². The second-order valence-corrected chi connectivity index (χ2v) is 20.2. The monoisotopic (exact) mass is 1100 g/mol. The van der Waals surface area contributed by atoms with Crippen molar-refractivity contribution in [3.8, 4) is 5.75 Å². The number of phenolic OH excluding ortho intramolecular Hbond substituents is 1. The van der Waals surface area contributed by atoms with Crippen LogP contribution in [-0.4, -0.2) is 177 Å². The van der Waals surface area contributed by atoms with Gasteiger partial charge in [-0.15, -0.1) is 0 Å². The molecule has 0 bridgehead atoms. The lowest BCUT2D eigenvalue weighted by molar-refractivity contribution is -0.148. The molecule has 2 fully saturated rings. The second-order valence-electron chi connectivity index (χ2n) is 20.2. The van der Waals surface area contributed by atoms with Crippen LogP contribution in [0.1, 0.15) is 89.7 Å². The largest absolute Gasteiger partial charge is 0.508 e. The molecule has 5 rings (SSSR count). The molecule has 430 valence electrons. The van der Waals surface area contributed by atoms with Gasteiger partial charge in [0.25, 0.3) is 0 Å². The van der Waals surface area contributed by atoms with Crippen molar-refractivity contribution >= 4 is 76.1 Å². The predicted octanol–water partition coefficient (Wildman–Crippen LogP) is -2.37. The van der Waals surface area contributed by atoms with E-state index in [-0.39, 0.29) is 82.2 Å². The first-order chi connectivity index (χ1) is 37.6. The number of carboxylic acids is 1. The van der Waals surface area contributed by atoms with E-state index in [1.54, 1.807) is 38.4 Å². The summed E-state index contributed by atoms with van der Waals surface area (Å²) in [5.41, 5.74) is 18.5. The number of nitrogens with two attached hydrogens (primary N) is 3. The number of nitrogens with one attached hydrogen (secondary N) is 8. The number of rotatable bonds is 16. The second kappa shape index (κ2) is 29.4. The van der Waals surface area contributed by atoms with Gasteiger partial charge in [-0.05, 0) is 106 Å². The molecule has 2 aliphatic rings. The molecule has 16 N–H and O–H groups in total. The van der Waals surface area contributed by atoms with E-state index >= 15 is 0 Å². The molecule has 5 unspecified atom stereocenters. The molecule has 9 amide bonds. The summed E-state index contributed by atoms with van der Waals surface area (Å²) < 4.78 is 0. The van der Waals surface area contributed by atoms with Gasteiger partial charge in [-0.25, -0.2) is 4.98 Å². The van der Waals surface area contributed by atoms with Crippen LogP contribution in [0.25, 0.3) is 11.0 Å². The van der Waals surface area contributed by atoms with Crippen LogP contribution in [0.3, 0.4) is 0 Å². The van der Waals surface area contributed by atoms with Crippen molar-refractivity contribution in [1.82, 2.24) is 57.0 Å². The number of carbonyl (C=O) groups is 10. The number of aromatic nitrogens is 2. The number of hydrogen-bond donors (Lipinski definition) is 13. The predicted molar refractivity (Wildman–Crippen MR) is 288 cm³/mol. The Kier molecular flexibility index (Phi) is 22.9. The number of H-pyrrole nitrogens is 1. The number of pyridine rings is 1. The molecule has 0 aliphatic carbocycles. The lowest BCUT2D eigenvalue weighted by Gasteiger charge is -2.35. The molecule has 4 heterocycles. The van der Waals surface area contributed by atoms with Crippen LogP contribution in [0.2, 0.25) is 0 Å². The number of nitrogens with zero attached hydrogens (tertiary/aromatic N) is 4. The Morgan fingerprint density at radius 1 is 0.772 bits per heavy atom. The van der Waals surface area contributed by atoms with Crippen LogP contribution in [0.4, 0.5) is 0 Å². The van der Waals surface area contributed by atoms with Crippen molar-refractivity contribution in [2.45, 2.75) is 140 Å². The number of aromatic hydroxyl groups is 1. The number of likely N-dealkylation sites (N-methyl/N-ethyl adjacent to an activating group) is 1. The van der Waals surface area contributed by atoms with E-state index in [9.17, 15) is 58.2 Å². The van der Waals surface area contributed by atoms with Gasteiger partial charge in [0.1, 0.15) is 59.7 Å². The third-order valence-corrected chi connectivity index (χ3v) is 13.6. The summed E-state index contributed by atoms with van der Waals surface area (Å²) >= 11 is 0. The fourth-order valence-electron chi connectivity index (χ4n) is 9.42. The number of aromatic amines is 1. The molecule has 2 saturated heterocycles. The number of aliphatic imine (C=N–C) groups is 1. The van der Waals surface area contributed by atoms with E-state index in [1.165, 1.54) is 48.0 Å². The van der Waals surface area contributed by atoms with E-state index in [0.717, 1.165) is 0 Å². The topological polar surface area (TPSA) is 421 Å². The highest BCUT2D eigenvalue weighted by Gasteiger charge is 2.42. The van der Waals surface area contributed by atoms with Crippen LogP contribution in [-0.2, 0) is 60.8 Å². The minimum Gasteiger partial charge on any atom is -0.508 e. The van der Waals surface area contributed by atoms with Crippen LogP contribution in [0.5, 0.6) is 5.75 Å². The maximum absolute atomic E-state index is 15.0. The van der Waals surface area contributed by atoms with Gasteiger partial charge in [-0.2, -0.15) is 0 Å². The number of unbranched alkanes of at least 4 members (excludes halogenated alkanes) is 1. The molecular weight excluding hydrogens is 1030 g/mol. The third kappa shape index (κ3) is 18.1. The van der Waals surface area contributed by atoms with Crippen LogP contribution in [0.15, 0.2) is 53.8 Å². The van der Waals surface area contributed by atoms with Gasteiger partial charge < -0.3 is 79.4 Å². The molecule has 0 radical (unpaired) electrons. The molecule has 3 aromatic rings. The summed E-state index contributed by atoms with van der Waals surface area (Å²) in [6, 6.07) is -1.77. The van der Waals surface area contributed by atoms with Crippen LogP contribution < -0.4 is 54.4 Å². The summed E-state index contributed by atoms with van der Waals surface area (Å²) in [5, 5.41) is 38.4. The number of carboxylic acid groups (broad SMARTS) is 1. The average Bonchev–Trinajstić information content (AvgIpc) is 4.06. The van der Waals surface area contributed by atoms with E-state index < -0.39 is 120 Å². The van der Waals surface area contributed by atoms with E-state index in [2.05, 4.69) is 52.2 Å². The molecule has 0 spiro atoms. The summed E-state index contributed by atoms with van der Waals surface area (Å²) in [5.74, 6) is -9.65. The Hall–Kier alpha value is -8.36. The highest BCUT2D eigenvalue weighted by atomic mass is 16.4. The first kappa shape index (κ1) is 61.5. The summed E-state index contributed by atoms with van der Waals surface area (Å²) in [4.78, 5) is 154. The third-order valence-electron chi connectivity index (χ3n) is 13.6. The zero-order valence-electron chi connectivity index (χ0n) is 44.9. The SMILES string of the molecule is CC(C)C[C@@H]1NC(=O)C(CC(=O)O)NC(=O)CNC(=O)[C@H](CCCN=C(N)N)NC(=O)C(Cc2ccc(O)cc2)NC(=O)C(CCCCN)N(C)C(=O)[C@H]2CCCN2C(=O)C(Cc2c[nH]c3ncccc23)NC(=O)C(C)NC1=O. The standard InChI is InChI=1S/C52H75N15O12/c1-28(2)22-35-46(74)60-29(3)44(72)65-38(24-31-26-58-43-33(31)10-7-19-56-43)50(78)67-21-9-13-40(67)51(79)66(4)39(12-5-6-18-53)49(77)64-36(23-30-14-16-32(68)17-15-30)47(75)62-34(11-8-20-57-52(54)55)45(73)59-27-41(69)61-37(25-42(70)71)48(76)63-35/h7,10,14-17,19,26,28-29,34-40,68H,5-6,8-9,11-13,18,20-25,27,53H2,1-4H3,(H,56,58)(H,59,73)(H,60,74)(H,61,69)(H,62,75)(H,63,76)(H,64,77)(H,65,72)(H,70,71)(H4,54,55,57)/t29?,34-,35-,36?,37?,38?,39?,40+/m0/s1. The Labute approximate surface area is 456 Å².